The van der Waals surface area contributed by atoms with Gasteiger partial charge in [-0.15, -0.1) is 0 Å². The molecule has 2 amide bonds. The number of halogens is 1. The van der Waals surface area contributed by atoms with Crippen molar-refractivity contribution in [1.29, 1.82) is 0 Å². The summed E-state index contributed by atoms with van der Waals surface area (Å²) in [5.41, 5.74) is 1.93. The van der Waals surface area contributed by atoms with E-state index in [0.29, 0.717) is 28.2 Å². The van der Waals surface area contributed by atoms with Gasteiger partial charge in [-0.2, -0.15) is 4.98 Å². The number of anilines is 2. The van der Waals surface area contributed by atoms with Crippen LogP contribution in [-0.4, -0.2) is 37.6 Å². The minimum Gasteiger partial charge on any atom is -0.481 e. The fourth-order valence-corrected chi connectivity index (χ4v) is 2.94. The lowest BCUT2D eigenvalue weighted by Crippen LogP contribution is -2.20. The molecule has 0 fully saturated rings. The van der Waals surface area contributed by atoms with E-state index in [9.17, 15) is 4.79 Å². The van der Waals surface area contributed by atoms with Crippen LogP contribution in [0, 0.1) is 0 Å². The number of benzene rings is 1. The number of carbonyl (C=O) groups is 1. The van der Waals surface area contributed by atoms with Crippen molar-refractivity contribution in [2.45, 2.75) is 0 Å². The zero-order chi connectivity index (χ0) is 21.1. The number of hydrogen-bond donors (Lipinski definition) is 2. The topological polar surface area (TPSA) is 116 Å². The van der Waals surface area contributed by atoms with Crippen molar-refractivity contribution in [3.05, 3.63) is 54.2 Å². The number of aromatic nitrogens is 5. The summed E-state index contributed by atoms with van der Waals surface area (Å²) in [7, 11) is 3.35. The van der Waals surface area contributed by atoms with Gasteiger partial charge in [0.25, 0.3) is 0 Å². The van der Waals surface area contributed by atoms with Crippen molar-refractivity contribution in [3.8, 4) is 17.5 Å². The summed E-state index contributed by atoms with van der Waals surface area (Å²) in [6.45, 7) is 0. The Bertz CT molecular complexity index is 1230. The molecule has 0 unspecified atom stereocenters. The predicted molar refractivity (Wildman–Crippen MR) is 111 cm³/mol. The molecule has 0 saturated carbocycles. The molecular formula is C19H16ClN7O3. The Morgan fingerprint density at radius 3 is 2.70 bits per heavy atom. The third-order valence-electron chi connectivity index (χ3n) is 4.12. The van der Waals surface area contributed by atoms with Gasteiger partial charge < -0.3 is 19.4 Å². The molecule has 0 atom stereocenters. The van der Waals surface area contributed by atoms with Crippen molar-refractivity contribution < 1.29 is 14.3 Å². The Labute approximate surface area is 175 Å². The Morgan fingerprint density at radius 2 is 1.90 bits per heavy atom. The lowest BCUT2D eigenvalue weighted by Gasteiger charge is -2.11. The molecule has 0 spiro atoms. The van der Waals surface area contributed by atoms with E-state index in [2.05, 4.69) is 30.6 Å². The van der Waals surface area contributed by atoms with Crippen LogP contribution in [0.2, 0.25) is 5.02 Å². The van der Waals surface area contributed by atoms with Gasteiger partial charge in [0, 0.05) is 25.4 Å². The highest BCUT2D eigenvalue weighted by Gasteiger charge is 2.12. The van der Waals surface area contributed by atoms with Crippen LogP contribution in [0.4, 0.5) is 16.3 Å². The highest BCUT2D eigenvalue weighted by Crippen LogP contribution is 2.31. The molecule has 0 aliphatic heterocycles. The third kappa shape index (κ3) is 4.08. The second kappa shape index (κ2) is 8.21. The Hall–Kier alpha value is -3.92. The van der Waals surface area contributed by atoms with E-state index in [1.165, 1.54) is 25.8 Å². The van der Waals surface area contributed by atoms with Crippen molar-refractivity contribution >= 4 is 40.2 Å². The first-order valence-corrected chi connectivity index (χ1v) is 9.09. The van der Waals surface area contributed by atoms with Crippen LogP contribution in [0.5, 0.6) is 17.5 Å². The fourth-order valence-electron chi connectivity index (χ4n) is 2.72. The molecule has 10 nitrogen and oxygen atoms in total. The van der Waals surface area contributed by atoms with E-state index in [4.69, 9.17) is 21.1 Å². The first-order valence-electron chi connectivity index (χ1n) is 8.71. The van der Waals surface area contributed by atoms with Crippen LogP contribution >= 0.6 is 11.6 Å². The molecule has 4 rings (SSSR count). The van der Waals surface area contributed by atoms with Crippen molar-refractivity contribution in [2.75, 3.05) is 17.7 Å². The van der Waals surface area contributed by atoms with Gasteiger partial charge in [0.2, 0.25) is 11.8 Å². The van der Waals surface area contributed by atoms with Gasteiger partial charge in [-0.1, -0.05) is 11.6 Å². The van der Waals surface area contributed by atoms with Crippen LogP contribution < -0.4 is 20.1 Å². The Balaban J connectivity index is 1.47. The van der Waals surface area contributed by atoms with Crippen molar-refractivity contribution in [1.82, 2.24) is 24.5 Å². The van der Waals surface area contributed by atoms with Gasteiger partial charge >= 0.3 is 6.03 Å². The molecule has 2 N–H and O–H groups in total. The standard InChI is InChI=1S/C19H16ClN7O3/c1-27-6-5-14-17(27)18(24-9-21-14)30-11-3-4-13(12(20)7-11)25-19(28)26-15-8-16(29-2)23-10-22-15/h3-10H,1-2H3,(H2,22,23,25,26,28). The maximum absolute atomic E-state index is 12.2. The van der Waals surface area contributed by atoms with E-state index < -0.39 is 6.03 Å². The molecular weight excluding hydrogens is 410 g/mol. The number of rotatable bonds is 5. The second-order valence-corrected chi connectivity index (χ2v) is 6.51. The number of nitrogens with zero attached hydrogens (tertiary/aromatic N) is 5. The molecule has 4 aromatic rings. The molecule has 3 heterocycles. The third-order valence-corrected chi connectivity index (χ3v) is 4.43. The van der Waals surface area contributed by atoms with Crippen LogP contribution in [0.15, 0.2) is 49.2 Å². The number of ether oxygens (including phenoxy) is 2. The van der Waals surface area contributed by atoms with Crippen LogP contribution in [0.25, 0.3) is 11.0 Å². The number of hydrogen-bond acceptors (Lipinski definition) is 7. The monoisotopic (exact) mass is 425 g/mol. The Morgan fingerprint density at radius 1 is 1.07 bits per heavy atom. The van der Waals surface area contributed by atoms with E-state index in [1.807, 2.05) is 23.9 Å². The van der Waals surface area contributed by atoms with Gasteiger partial charge in [0.15, 0.2) is 0 Å². The first kappa shape index (κ1) is 19.4. The van der Waals surface area contributed by atoms with Gasteiger partial charge in [-0.05, 0) is 18.2 Å². The molecule has 0 aliphatic carbocycles. The van der Waals surface area contributed by atoms with Gasteiger partial charge in [-0.3, -0.25) is 5.32 Å². The van der Waals surface area contributed by atoms with E-state index in [1.54, 1.807) is 18.2 Å². The van der Waals surface area contributed by atoms with E-state index >= 15 is 0 Å². The minimum atomic E-state index is -0.521. The lowest BCUT2D eigenvalue weighted by molar-refractivity contribution is 0.262. The summed E-state index contributed by atoms with van der Waals surface area (Å²) in [6, 6.07) is 7.72. The summed E-state index contributed by atoms with van der Waals surface area (Å²) in [5, 5.41) is 5.52. The maximum Gasteiger partial charge on any atom is 0.324 e. The molecule has 1 aromatic carbocycles. The highest BCUT2D eigenvalue weighted by molar-refractivity contribution is 6.34. The van der Waals surface area contributed by atoms with Crippen molar-refractivity contribution in [3.63, 3.8) is 0 Å². The SMILES string of the molecule is COc1cc(NC(=O)Nc2ccc(Oc3ncnc4ccn(C)c34)cc2Cl)ncn1. The predicted octanol–water partition coefficient (Wildman–Crippen LogP) is 3.86. The van der Waals surface area contributed by atoms with Crippen molar-refractivity contribution in [2.24, 2.45) is 7.05 Å². The average Bonchev–Trinajstić information content (AvgIpc) is 3.12. The first-order chi connectivity index (χ1) is 14.5. The van der Waals surface area contributed by atoms with Crippen LogP contribution in [0.1, 0.15) is 0 Å². The smallest absolute Gasteiger partial charge is 0.324 e. The number of amides is 2. The number of carbonyl (C=O) groups excluding carboxylic acids is 1. The average molecular weight is 426 g/mol. The zero-order valence-corrected chi connectivity index (χ0v) is 16.7. The van der Waals surface area contributed by atoms with Crippen LogP contribution in [-0.2, 0) is 7.05 Å². The molecule has 0 aliphatic rings. The minimum absolute atomic E-state index is 0.283. The summed E-state index contributed by atoms with van der Waals surface area (Å²) in [6.07, 6.45) is 4.59. The second-order valence-electron chi connectivity index (χ2n) is 6.11. The van der Waals surface area contributed by atoms with E-state index in [0.717, 1.165) is 11.0 Å². The molecule has 0 radical (unpaired) electrons. The zero-order valence-electron chi connectivity index (χ0n) is 16.0. The molecule has 152 valence electrons. The molecule has 0 bridgehead atoms. The molecule has 3 aromatic heterocycles. The summed E-state index contributed by atoms with van der Waals surface area (Å²) in [5.74, 6) is 1.48. The fraction of sp³-hybridized carbons (Fsp3) is 0.105. The number of methoxy groups -OCH3 is 1. The summed E-state index contributed by atoms with van der Waals surface area (Å²) in [4.78, 5) is 28.5. The molecule has 11 heteroatoms. The Kier molecular flexibility index (Phi) is 5.31. The summed E-state index contributed by atoms with van der Waals surface area (Å²) < 4.78 is 12.7. The van der Waals surface area contributed by atoms with Gasteiger partial charge in [-0.25, -0.2) is 19.7 Å². The number of nitrogens with one attached hydrogen (secondary N) is 2. The van der Waals surface area contributed by atoms with E-state index in [-0.39, 0.29) is 5.82 Å². The summed E-state index contributed by atoms with van der Waals surface area (Å²) >= 11 is 6.31. The number of aryl methyl sites for hydroxylation is 1. The normalized spacial score (nSPS) is 10.6. The quantitative estimate of drug-likeness (QED) is 0.498. The largest absolute Gasteiger partial charge is 0.481 e. The van der Waals surface area contributed by atoms with Crippen LogP contribution in [0.3, 0.4) is 0 Å². The van der Waals surface area contributed by atoms with Gasteiger partial charge in [0.05, 0.1) is 23.3 Å². The lowest BCUT2D eigenvalue weighted by atomic mass is 10.3. The van der Waals surface area contributed by atoms with Gasteiger partial charge in [0.1, 0.15) is 29.7 Å². The molecule has 0 saturated heterocycles. The number of urea groups is 1. The highest BCUT2D eigenvalue weighted by atomic mass is 35.5. The maximum atomic E-state index is 12.2. The molecule has 30 heavy (non-hydrogen) atoms. The number of fused-ring (bicyclic) bond motifs is 1.